The summed E-state index contributed by atoms with van der Waals surface area (Å²) in [6.45, 7) is 6.85. The number of hydrogen-bond acceptors (Lipinski definition) is 2. The van der Waals surface area contributed by atoms with E-state index in [0.717, 1.165) is 11.1 Å². The second kappa shape index (κ2) is 8.90. The van der Waals surface area contributed by atoms with Crippen LogP contribution in [0.25, 0.3) is 0 Å². The van der Waals surface area contributed by atoms with Gasteiger partial charge < -0.3 is 16.0 Å². The molecule has 3 N–H and O–H groups in total. The third-order valence-electron chi connectivity index (χ3n) is 3.90. The number of amides is 1. The van der Waals surface area contributed by atoms with Crippen molar-refractivity contribution in [3.63, 3.8) is 0 Å². The highest BCUT2D eigenvalue weighted by molar-refractivity contribution is 14.0. The van der Waals surface area contributed by atoms with Crippen molar-refractivity contribution in [2.45, 2.75) is 19.4 Å². The lowest BCUT2D eigenvalue weighted by atomic mass is 9.94. The maximum absolute atomic E-state index is 12.1. The largest absolute Gasteiger partial charge is 0.370 e. The molecule has 23 heavy (non-hydrogen) atoms. The maximum Gasteiger partial charge on any atom is 0.223 e. The molecular weight excluding hydrogens is 403 g/mol. The molecule has 1 heterocycles. The van der Waals surface area contributed by atoms with E-state index in [9.17, 15) is 4.79 Å². The van der Waals surface area contributed by atoms with Gasteiger partial charge in [0, 0.05) is 25.9 Å². The number of hydrogen-bond donors (Lipinski definition) is 2. The molecule has 0 radical (unpaired) electrons. The van der Waals surface area contributed by atoms with Crippen molar-refractivity contribution in [1.82, 2.24) is 10.2 Å². The minimum atomic E-state index is 0. The van der Waals surface area contributed by atoms with Gasteiger partial charge in [0.15, 0.2) is 5.96 Å². The summed E-state index contributed by atoms with van der Waals surface area (Å²) in [4.78, 5) is 18.1. The van der Waals surface area contributed by atoms with E-state index in [1.54, 1.807) is 0 Å². The van der Waals surface area contributed by atoms with E-state index in [1.807, 2.05) is 37.1 Å². The Morgan fingerprint density at radius 2 is 2.09 bits per heavy atom. The normalized spacial score (nSPS) is 21.0. The summed E-state index contributed by atoms with van der Waals surface area (Å²) in [6.07, 6.45) is 0.525. The average molecular weight is 428 g/mol. The number of guanidine groups is 1. The first-order valence-electron chi connectivity index (χ1n) is 7.48. The van der Waals surface area contributed by atoms with Crippen molar-refractivity contribution in [3.8, 4) is 0 Å². The van der Waals surface area contributed by atoms with Crippen molar-refractivity contribution in [1.29, 1.82) is 0 Å². The standard InChI is InChI=1S/C17H24N4O.HI/c1-12(2)10-19-17(18)20-11-14-9-15(22)21(3)16(14)13-7-5-4-6-8-13;/h4-8,14,16H,1,9-11H2,2-3H3,(H3,18,19,20);1H. The Bertz CT molecular complexity index is 573. The van der Waals surface area contributed by atoms with Crippen LogP contribution in [0.15, 0.2) is 47.5 Å². The molecule has 2 atom stereocenters. The molecule has 1 aromatic carbocycles. The van der Waals surface area contributed by atoms with Crippen molar-refractivity contribution < 1.29 is 4.79 Å². The second-order valence-electron chi connectivity index (χ2n) is 5.86. The van der Waals surface area contributed by atoms with Crippen LogP contribution in [-0.4, -0.2) is 36.9 Å². The fourth-order valence-electron chi connectivity index (χ4n) is 2.79. The van der Waals surface area contributed by atoms with E-state index in [4.69, 9.17) is 5.73 Å². The first-order chi connectivity index (χ1) is 10.5. The Kier molecular flexibility index (Phi) is 7.54. The number of rotatable bonds is 5. The van der Waals surface area contributed by atoms with Crippen LogP contribution in [0.3, 0.4) is 0 Å². The topological polar surface area (TPSA) is 70.7 Å². The lowest BCUT2D eigenvalue weighted by Gasteiger charge is -2.25. The zero-order chi connectivity index (χ0) is 16.1. The number of benzene rings is 1. The van der Waals surface area contributed by atoms with E-state index in [0.29, 0.717) is 25.5 Å². The van der Waals surface area contributed by atoms with E-state index in [1.165, 1.54) is 0 Å². The Labute approximate surface area is 155 Å². The molecule has 1 aliphatic heterocycles. The van der Waals surface area contributed by atoms with Crippen LogP contribution >= 0.6 is 24.0 Å². The highest BCUT2D eigenvalue weighted by atomic mass is 127. The number of halogens is 1. The zero-order valence-corrected chi connectivity index (χ0v) is 16.0. The van der Waals surface area contributed by atoms with Crippen molar-refractivity contribution >= 4 is 35.8 Å². The molecule has 1 saturated heterocycles. The summed E-state index contributed by atoms with van der Waals surface area (Å²) in [6, 6.07) is 10.2. The predicted molar refractivity (Wildman–Crippen MR) is 105 cm³/mol. The van der Waals surface area contributed by atoms with Gasteiger partial charge in [0.1, 0.15) is 0 Å². The second-order valence-corrected chi connectivity index (χ2v) is 5.86. The molecule has 2 rings (SSSR count). The van der Waals surface area contributed by atoms with Gasteiger partial charge in [-0.3, -0.25) is 4.79 Å². The van der Waals surface area contributed by atoms with Gasteiger partial charge in [-0.1, -0.05) is 42.5 Å². The Morgan fingerprint density at radius 1 is 1.43 bits per heavy atom. The third-order valence-corrected chi connectivity index (χ3v) is 3.90. The van der Waals surface area contributed by atoms with E-state index in [2.05, 4.69) is 29.0 Å². The first-order valence-corrected chi connectivity index (χ1v) is 7.48. The van der Waals surface area contributed by atoms with Crippen LogP contribution in [0.5, 0.6) is 0 Å². The zero-order valence-electron chi connectivity index (χ0n) is 13.7. The SMILES string of the molecule is C=C(C)CN=C(N)NCC1CC(=O)N(C)C1c1ccccc1.I. The summed E-state index contributed by atoms with van der Waals surface area (Å²) < 4.78 is 0. The summed E-state index contributed by atoms with van der Waals surface area (Å²) >= 11 is 0. The minimum Gasteiger partial charge on any atom is -0.370 e. The number of carbonyl (C=O) groups is 1. The van der Waals surface area contributed by atoms with Crippen LogP contribution < -0.4 is 11.1 Å². The summed E-state index contributed by atoms with van der Waals surface area (Å²) in [7, 11) is 1.86. The number of nitrogens with zero attached hydrogens (tertiary/aromatic N) is 2. The number of carbonyl (C=O) groups excluding carboxylic acids is 1. The molecule has 2 unspecified atom stereocenters. The van der Waals surface area contributed by atoms with E-state index in [-0.39, 0.29) is 41.8 Å². The van der Waals surface area contributed by atoms with Crippen molar-refractivity contribution in [2.24, 2.45) is 16.6 Å². The van der Waals surface area contributed by atoms with Gasteiger partial charge in [-0.25, -0.2) is 4.99 Å². The molecule has 5 nitrogen and oxygen atoms in total. The molecule has 6 heteroatoms. The van der Waals surface area contributed by atoms with Gasteiger partial charge in [-0.15, -0.1) is 24.0 Å². The highest BCUT2D eigenvalue weighted by Gasteiger charge is 2.38. The molecular formula is C17H25IN4O. The molecule has 0 spiro atoms. The molecule has 1 aliphatic rings. The lowest BCUT2D eigenvalue weighted by molar-refractivity contribution is -0.127. The Morgan fingerprint density at radius 3 is 2.70 bits per heavy atom. The number of likely N-dealkylation sites (tertiary alicyclic amines) is 1. The Balaban J connectivity index is 0.00000264. The molecule has 1 aromatic rings. The molecule has 126 valence electrons. The van der Waals surface area contributed by atoms with Gasteiger partial charge in [-0.2, -0.15) is 0 Å². The fraction of sp³-hybridized carbons (Fsp3) is 0.412. The highest BCUT2D eigenvalue weighted by Crippen LogP contribution is 2.36. The van der Waals surface area contributed by atoms with Gasteiger partial charge in [0.2, 0.25) is 5.91 Å². The molecule has 0 aliphatic carbocycles. The average Bonchev–Trinajstić information content (AvgIpc) is 2.79. The first kappa shape index (κ1) is 19.5. The number of nitrogens with two attached hydrogens (primary N) is 1. The molecule has 1 amide bonds. The van der Waals surface area contributed by atoms with Gasteiger partial charge in [0.05, 0.1) is 12.6 Å². The monoisotopic (exact) mass is 428 g/mol. The van der Waals surface area contributed by atoms with E-state index < -0.39 is 0 Å². The van der Waals surface area contributed by atoms with Crippen LogP contribution in [0.2, 0.25) is 0 Å². The molecule has 1 fully saturated rings. The number of aliphatic imine (C=N–C) groups is 1. The predicted octanol–water partition coefficient (Wildman–Crippen LogP) is 2.30. The maximum atomic E-state index is 12.1. The van der Waals surface area contributed by atoms with Crippen molar-refractivity contribution in [3.05, 3.63) is 48.0 Å². The quantitative estimate of drug-likeness (QED) is 0.327. The summed E-state index contributed by atoms with van der Waals surface area (Å²) in [5.74, 6) is 0.744. The van der Waals surface area contributed by atoms with Gasteiger partial charge >= 0.3 is 0 Å². The number of nitrogens with one attached hydrogen (secondary N) is 1. The summed E-state index contributed by atoms with van der Waals surface area (Å²) in [5.41, 5.74) is 7.97. The van der Waals surface area contributed by atoms with Crippen LogP contribution in [0.4, 0.5) is 0 Å². The molecule has 0 bridgehead atoms. The van der Waals surface area contributed by atoms with Crippen LogP contribution in [0.1, 0.15) is 24.9 Å². The fourth-order valence-corrected chi connectivity index (χ4v) is 2.79. The molecule has 0 saturated carbocycles. The summed E-state index contributed by atoms with van der Waals surface area (Å²) in [5, 5.41) is 3.13. The smallest absolute Gasteiger partial charge is 0.223 e. The van der Waals surface area contributed by atoms with Crippen LogP contribution in [0, 0.1) is 5.92 Å². The molecule has 0 aromatic heterocycles. The lowest BCUT2D eigenvalue weighted by Crippen LogP contribution is -2.37. The van der Waals surface area contributed by atoms with Crippen molar-refractivity contribution in [2.75, 3.05) is 20.1 Å². The Hall–Kier alpha value is -1.57. The van der Waals surface area contributed by atoms with Crippen LogP contribution in [-0.2, 0) is 4.79 Å². The van der Waals surface area contributed by atoms with Gasteiger partial charge in [-0.05, 0) is 12.5 Å². The van der Waals surface area contributed by atoms with E-state index >= 15 is 0 Å². The third kappa shape index (κ3) is 5.23. The minimum absolute atomic E-state index is 0. The van der Waals surface area contributed by atoms with Gasteiger partial charge in [0.25, 0.3) is 0 Å².